The molecule has 0 bridgehead atoms. The Morgan fingerprint density at radius 1 is 0.963 bits per heavy atom. The minimum atomic E-state index is -3.63. The summed E-state index contributed by atoms with van der Waals surface area (Å²) in [4.78, 5) is 12.4. The van der Waals surface area contributed by atoms with E-state index in [0.29, 0.717) is 26.9 Å². The first-order valence-corrected chi connectivity index (χ1v) is 10.2. The van der Waals surface area contributed by atoms with Crippen molar-refractivity contribution in [3.8, 4) is 22.9 Å². The summed E-state index contributed by atoms with van der Waals surface area (Å²) >= 11 is 3.30. The number of sulfone groups is 1. The fourth-order valence-electron chi connectivity index (χ4n) is 2.49. The third-order valence-corrected chi connectivity index (χ3v) is 5.95. The first-order valence-electron chi connectivity index (χ1n) is 7.79. The first kappa shape index (κ1) is 19.2. The minimum absolute atomic E-state index is 0.123. The zero-order chi connectivity index (χ0) is 19.4. The van der Waals surface area contributed by atoms with Crippen LogP contribution >= 0.6 is 15.9 Å². The maximum absolute atomic E-state index is 12.9. The van der Waals surface area contributed by atoms with Gasteiger partial charge in [0.05, 0.1) is 20.0 Å². The highest BCUT2D eigenvalue weighted by molar-refractivity contribution is 9.10. The SMILES string of the molecule is COc1ncc(-c2cncc(CS(=O)(=O)c3cc(Br)ccc3OC)c2)cn1. The van der Waals surface area contributed by atoms with Crippen LogP contribution in [0.3, 0.4) is 0 Å². The Bertz CT molecular complexity index is 1060. The molecule has 0 spiro atoms. The average Bonchev–Trinajstić information content (AvgIpc) is 2.68. The molecule has 3 aromatic rings. The van der Waals surface area contributed by atoms with Crippen LogP contribution in [0.1, 0.15) is 5.56 Å². The largest absolute Gasteiger partial charge is 0.495 e. The summed E-state index contributed by atoms with van der Waals surface area (Å²) in [6.07, 6.45) is 6.34. The van der Waals surface area contributed by atoms with Crippen molar-refractivity contribution in [2.24, 2.45) is 0 Å². The molecular formula is C18H16BrN3O4S. The number of hydrogen-bond acceptors (Lipinski definition) is 7. The summed E-state index contributed by atoms with van der Waals surface area (Å²) in [6.45, 7) is 0. The van der Waals surface area contributed by atoms with Gasteiger partial charge in [0.25, 0.3) is 0 Å². The van der Waals surface area contributed by atoms with Gasteiger partial charge in [-0.15, -0.1) is 0 Å². The Morgan fingerprint density at radius 3 is 2.37 bits per heavy atom. The van der Waals surface area contributed by atoms with Crippen molar-refractivity contribution in [1.82, 2.24) is 15.0 Å². The molecule has 0 saturated heterocycles. The van der Waals surface area contributed by atoms with Crippen LogP contribution in [0.15, 0.2) is 58.4 Å². The molecule has 2 heterocycles. The normalized spacial score (nSPS) is 11.2. The van der Waals surface area contributed by atoms with Crippen molar-refractivity contribution in [1.29, 1.82) is 0 Å². The Hall–Kier alpha value is -2.52. The van der Waals surface area contributed by atoms with Crippen LogP contribution in [-0.4, -0.2) is 37.6 Å². The number of ether oxygens (including phenoxy) is 2. The van der Waals surface area contributed by atoms with Gasteiger partial charge in [-0.2, -0.15) is 0 Å². The van der Waals surface area contributed by atoms with Crippen LogP contribution in [0.25, 0.3) is 11.1 Å². The number of hydrogen-bond donors (Lipinski definition) is 0. The monoisotopic (exact) mass is 449 g/mol. The van der Waals surface area contributed by atoms with E-state index in [1.807, 2.05) is 0 Å². The van der Waals surface area contributed by atoms with Crippen molar-refractivity contribution in [2.45, 2.75) is 10.6 Å². The van der Waals surface area contributed by atoms with Gasteiger partial charge in [0.15, 0.2) is 9.84 Å². The van der Waals surface area contributed by atoms with Gasteiger partial charge in [0.1, 0.15) is 10.6 Å². The molecule has 7 nitrogen and oxygen atoms in total. The number of methoxy groups -OCH3 is 2. The average molecular weight is 450 g/mol. The summed E-state index contributed by atoms with van der Waals surface area (Å²) in [5, 5.41) is 0. The first-order chi connectivity index (χ1) is 12.9. The molecule has 0 fully saturated rings. The molecule has 2 aromatic heterocycles. The number of aromatic nitrogens is 3. The van der Waals surface area contributed by atoms with Crippen molar-refractivity contribution in [3.05, 3.63) is 59.1 Å². The molecule has 0 radical (unpaired) electrons. The summed E-state index contributed by atoms with van der Waals surface area (Å²) in [5.74, 6) is 0.0865. The van der Waals surface area contributed by atoms with Gasteiger partial charge in [-0.1, -0.05) is 15.9 Å². The van der Waals surface area contributed by atoms with E-state index < -0.39 is 9.84 Å². The van der Waals surface area contributed by atoms with Crippen LogP contribution in [0, 0.1) is 0 Å². The second-order valence-electron chi connectivity index (χ2n) is 5.59. The minimum Gasteiger partial charge on any atom is -0.495 e. The van der Waals surface area contributed by atoms with E-state index in [-0.39, 0.29) is 16.7 Å². The van der Waals surface area contributed by atoms with E-state index in [1.165, 1.54) is 26.5 Å². The number of halogens is 1. The number of benzene rings is 1. The molecule has 0 aliphatic heterocycles. The fraction of sp³-hybridized carbons (Fsp3) is 0.167. The molecule has 0 aliphatic carbocycles. The number of pyridine rings is 1. The highest BCUT2D eigenvalue weighted by atomic mass is 79.9. The van der Waals surface area contributed by atoms with Gasteiger partial charge in [0, 0.05) is 40.4 Å². The van der Waals surface area contributed by atoms with Gasteiger partial charge in [-0.05, 0) is 29.8 Å². The van der Waals surface area contributed by atoms with Crippen LogP contribution in [0.4, 0.5) is 0 Å². The fourth-order valence-corrected chi connectivity index (χ4v) is 4.52. The van der Waals surface area contributed by atoms with Crippen molar-refractivity contribution in [3.63, 3.8) is 0 Å². The third kappa shape index (κ3) is 4.42. The van der Waals surface area contributed by atoms with Crippen LogP contribution < -0.4 is 9.47 Å². The maximum atomic E-state index is 12.9. The summed E-state index contributed by atoms with van der Waals surface area (Å²) in [5.41, 5.74) is 1.97. The standard InChI is InChI=1S/C18H16BrN3O4S/c1-25-16-4-3-15(19)6-17(16)27(23,24)11-12-5-13(8-20-7-12)14-9-21-18(26-2)22-10-14/h3-10H,11H2,1-2H3. The summed E-state index contributed by atoms with van der Waals surface area (Å²) in [7, 11) is -0.711. The van der Waals surface area contributed by atoms with Gasteiger partial charge in [-0.25, -0.2) is 18.4 Å². The lowest BCUT2D eigenvalue weighted by molar-refractivity contribution is 0.380. The quantitative estimate of drug-likeness (QED) is 0.569. The molecule has 0 unspecified atom stereocenters. The van der Waals surface area contributed by atoms with Crippen LogP contribution in [0.2, 0.25) is 0 Å². The van der Waals surface area contributed by atoms with E-state index in [1.54, 1.807) is 36.8 Å². The molecule has 0 saturated carbocycles. The molecule has 9 heteroatoms. The zero-order valence-electron chi connectivity index (χ0n) is 14.6. The van der Waals surface area contributed by atoms with Crippen molar-refractivity contribution in [2.75, 3.05) is 14.2 Å². The molecule has 0 N–H and O–H groups in total. The van der Waals surface area contributed by atoms with E-state index in [0.717, 1.165) is 0 Å². The predicted octanol–water partition coefficient (Wildman–Crippen LogP) is 3.29. The topological polar surface area (TPSA) is 91.3 Å². The Balaban J connectivity index is 1.92. The van der Waals surface area contributed by atoms with Gasteiger partial charge >= 0.3 is 6.01 Å². The maximum Gasteiger partial charge on any atom is 0.316 e. The third-order valence-electron chi connectivity index (χ3n) is 3.76. The van der Waals surface area contributed by atoms with E-state index in [2.05, 4.69) is 30.9 Å². The molecular weight excluding hydrogens is 434 g/mol. The lowest BCUT2D eigenvalue weighted by Gasteiger charge is -2.11. The Labute approximate surface area is 165 Å². The zero-order valence-corrected chi connectivity index (χ0v) is 17.0. The highest BCUT2D eigenvalue weighted by Crippen LogP contribution is 2.30. The second-order valence-corrected chi connectivity index (χ2v) is 8.47. The molecule has 27 heavy (non-hydrogen) atoms. The molecule has 140 valence electrons. The predicted molar refractivity (Wildman–Crippen MR) is 103 cm³/mol. The molecule has 1 aromatic carbocycles. The Morgan fingerprint density at radius 2 is 1.70 bits per heavy atom. The summed E-state index contributed by atoms with van der Waals surface area (Å²) < 4.78 is 36.6. The smallest absolute Gasteiger partial charge is 0.316 e. The van der Waals surface area contributed by atoms with E-state index in [4.69, 9.17) is 9.47 Å². The lowest BCUT2D eigenvalue weighted by atomic mass is 10.1. The van der Waals surface area contributed by atoms with Crippen molar-refractivity contribution >= 4 is 25.8 Å². The Kier molecular flexibility index (Phi) is 5.71. The van der Waals surface area contributed by atoms with Crippen LogP contribution in [0.5, 0.6) is 11.8 Å². The highest BCUT2D eigenvalue weighted by Gasteiger charge is 2.21. The van der Waals surface area contributed by atoms with Crippen molar-refractivity contribution < 1.29 is 17.9 Å². The van der Waals surface area contributed by atoms with E-state index in [9.17, 15) is 8.42 Å². The molecule has 0 amide bonds. The number of rotatable bonds is 6. The van der Waals surface area contributed by atoms with E-state index >= 15 is 0 Å². The molecule has 3 rings (SSSR count). The lowest BCUT2D eigenvalue weighted by Crippen LogP contribution is -2.07. The summed E-state index contributed by atoms with van der Waals surface area (Å²) in [6, 6.07) is 6.87. The van der Waals surface area contributed by atoms with Gasteiger partial charge in [-0.3, -0.25) is 4.98 Å². The molecule has 0 aliphatic rings. The second kappa shape index (κ2) is 8.01. The van der Waals surface area contributed by atoms with Gasteiger partial charge in [0.2, 0.25) is 0 Å². The van der Waals surface area contributed by atoms with Gasteiger partial charge < -0.3 is 9.47 Å². The number of nitrogens with zero attached hydrogens (tertiary/aromatic N) is 3. The molecule has 0 atom stereocenters. The van der Waals surface area contributed by atoms with Crippen LogP contribution in [-0.2, 0) is 15.6 Å².